The molecule has 0 aliphatic carbocycles. The summed E-state index contributed by atoms with van der Waals surface area (Å²) in [6, 6.07) is 5.66. The molecule has 0 spiro atoms. The highest BCUT2D eigenvalue weighted by atomic mass is 16.5. The monoisotopic (exact) mass is 353 g/mol. The van der Waals surface area contributed by atoms with Gasteiger partial charge in [0.25, 0.3) is 0 Å². The van der Waals surface area contributed by atoms with Gasteiger partial charge in [-0.25, -0.2) is 0 Å². The second kappa shape index (κ2) is 9.21. The normalized spacial score (nSPS) is 22.9. The van der Waals surface area contributed by atoms with Crippen molar-refractivity contribution in [3.8, 4) is 11.5 Å². The minimum atomic E-state index is -0.963. The molecule has 1 aromatic carbocycles. The minimum Gasteiger partial charge on any atom is -0.493 e. The van der Waals surface area contributed by atoms with E-state index in [-0.39, 0.29) is 19.1 Å². The summed E-state index contributed by atoms with van der Waals surface area (Å²) >= 11 is 0. The molecule has 1 aromatic rings. The molecule has 3 atom stereocenters. The van der Waals surface area contributed by atoms with Crippen LogP contribution in [-0.4, -0.2) is 64.1 Å². The summed E-state index contributed by atoms with van der Waals surface area (Å²) in [6.07, 6.45) is 1.25. The van der Waals surface area contributed by atoms with Crippen molar-refractivity contribution < 1.29 is 14.6 Å². The van der Waals surface area contributed by atoms with Gasteiger partial charge in [0.15, 0.2) is 11.5 Å². The molecule has 0 aromatic heterocycles. The van der Waals surface area contributed by atoms with Crippen LogP contribution in [0.3, 0.4) is 0 Å². The Hall–Kier alpha value is -1.58. The smallest absolute Gasteiger partial charge is 0.163 e. The Bertz CT molecular complexity index is 541. The first-order valence-corrected chi connectivity index (χ1v) is 8.58. The summed E-state index contributed by atoms with van der Waals surface area (Å²) in [5.41, 5.74) is -0.0683. The summed E-state index contributed by atoms with van der Waals surface area (Å²) in [7, 11) is 5.33. The van der Waals surface area contributed by atoms with Crippen molar-refractivity contribution in [1.82, 2.24) is 21.3 Å². The lowest BCUT2D eigenvalue weighted by molar-refractivity contribution is 0.0131. The molecule has 3 unspecified atom stereocenters. The number of nitrogens with one attached hydrogen (secondary N) is 5. The highest BCUT2D eigenvalue weighted by Crippen LogP contribution is 2.31. The zero-order valence-corrected chi connectivity index (χ0v) is 15.5. The SMILES string of the molecule is CNCC(C)(O)COc1cc(NC2NCCC(NC)N2)ccc1OC. The van der Waals surface area contributed by atoms with Crippen LogP contribution in [0, 0.1) is 0 Å². The fraction of sp³-hybridized carbons (Fsp3) is 0.647. The zero-order chi connectivity index (χ0) is 18.3. The van der Waals surface area contributed by atoms with Gasteiger partial charge < -0.3 is 30.5 Å². The lowest BCUT2D eigenvalue weighted by atomic mass is 10.1. The van der Waals surface area contributed by atoms with E-state index in [0.717, 1.165) is 18.7 Å². The van der Waals surface area contributed by atoms with Crippen LogP contribution in [0.2, 0.25) is 0 Å². The van der Waals surface area contributed by atoms with Crippen molar-refractivity contribution in [2.75, 3.05) is 46.2 Å². The predicted molar refractivity (Wildman–Crippen MR) is 99.1 cm³/mol. The summed E-state index contributed by atoms with van der Waals surface area (Å²) in [6.45, 7) is 3.25. The first-order valence-electron chi connectivity index (χ1n) is 8.58. The van der Waals surface area contributed by atoms with E-state index >= 15 is 0 Å². The Balaban J connectivity index is 2.03. The van der Waals surface area contributed by atoms with Crippen LogP contribution in [0.25, 0.3) is 0 Å². The topological polar surface area (TPSA) is 98.8 Å². The summed E-state index contributed by atoms with van der Waals surface area (Å²) in [5.74, 6) is 1.22. The molecule has 1 heterocycles. The molecule has 1 aliphatic rings. The molecule has 2 rings (SSSR count). The van der Waals surface area contributed by atoms with Crippen LogP contribution < -0.4 is 36.1 Å². The van der Waals surface area contributed by atoms with Gasteiger partial charge in [-0.2, -0.15) is 0 Å². The van der Waals surface area contributed by atoms with E-state index in [4.69, 9.17) is 9.47 Å². The van der Waals surface area contributed by atoms with Gasteiger partial charge in [-0.05, 0) is 39.6 Å². The maximum atomic E-state index is 10.3. The van der Waals surface area contributed by atoms with E-state index in [9.17, 15) is 5.11 Å². The number of hydrogen-bond donors (Lipinski definition) is 6. The molecule has 0 bridgehead atoms. The number of likely N-dealkylation sites (N-methyl/N-ethyl adjacent to an activating group) is 1. The van der Waals surface area contributed by atoms with Crippen LogP contribution in [0.5, 0.6) is 11.5 Å². The van der Waals surface area contributed by atoms with Crippen LogP contribution >= 0.6 is 0 Å². The molecular weight excluding hydrogens is 322 g/mol. The van der Waals surface area contributed by atoms with Gasteiger partial charge >= 0.3 is 0 Å². The van der Waals surface area contributed by atoms with Gasteiger partial charge in [-0.3, -0.25) is 10.6 Å². The molecule has 0 radical (unpaired) electrons. The standard InChI is InChI=1S/C17H31N5O3/c1-17(23,10-18-2)11-25-14-9-12(5-6-13(14)24-4)21-16-20-8-7-15(19-3)22-16/h5-6,9,15-16,18-23H,7-8,10-11H2,1-4H3. The fourth-order valence-electron chi connectivity index (χ4n) is 2.75. The van der Waals surface area contributed by atoms with Crippen LogP contribution in [-0.2, 0) is 0 Å². The Morgan fingerprint density at radius 3 is 2.80 bits per heavy atom. The van der Waals surface area contributed by atoms with Crippen LogP contribution in [0.1, 0.15) is 13.3 Å². The molecule has 1 saturated heterocycles. The van der Waals surface area contributed by atoms with Gasteiger partial charge in [-0.1, -0.05) is 0 Å². The van der Waals surface area contributed by atoms with Gasteiger partial charge in [0.05, 0.1) is 13.3 Å². The van der Waals surface area contributed by atoms with Crippen molar-refractivity contribution >= 4 is 5.69 Å². The average Bonchev–Trinajstić information content (AvgIpc) is 2.60. The third-order valence-corrected chi connectivity index (χ3v) is 4.07. The predicted octanol–water partition coefficient (Wildman–Crippen LogP) is -0.132. The molecule has 142 valence electrons. The van der Waals surface area contributed by atoms with E-state index in [1.807, 2.05) is 25.2 Å². The Morgan fingerprint density at radius 2 is 2.12 bits per heavy atom. The minimum absolute atomic E-state index is 0.0418. The molecule has 0 amide bonds. The Labute approximate surface area is 149 Å². The number of ether oxygens (including phenoxy) is 2. The lowest BCUT2D eigenvalue weighted by Gasteiger charge is -2.33. The molecule has 1 fully saturated rings. The van der Waals surface area contributed by atoms with Gasteiger partial charge in [0, 0.05) is 24.8 Å². The number of rotatable bonds is 9. The van der Waals surface area contributed by atoms with Crippen LogP contribution in [0.15, 0.2) is 18.2 Å². The Morgan fingerprint density at radius 1 is 1.32 bits per heavy atom. The summed E-state index contributed by atoms with van der Waals surface area (Å²) in [4.78, 5) is 0. The molecule has 25 heavy (non-hydrogen) atoms. The van der Waals surface area contributed by atoms with Crippen molar-refractivity contribution in [2.24, 2.45) is 0 Å². The number of benzene rings is 1. The van der Waals surface area contributed by atoms with E-state index in [1.54, 1.807) is 21.1 Å². The number of anilines is 1. The van der Waals surface area contributed by atoms with E-state index in [2.05, 4.69) is 26.6 Å². The highest BCUT2D eigenvalue weighted by molar-refractivity contribution is 5.55. The second-order valence-electron chi connectivity index (χ2n) is 6.51. The largest absolute Gasteiger partial charge is 0.493 e. The van der Waals surface area contributed by atoms with Crippen molar-refractivity contribution in [1.29, 1.82) is 0 Å². The third kappa shape index (κ3) is 6.02. The molecule has 6 N–H and O–H groups in total. The molecule has 0 saturated carbocycles. The summed E-state index contributed by atoms with van der Waals surface area (Å²) < 4.78 is 11.2. The highest BCUT2D eigenvalue weighted by Gasteiger charge is 2.22. The molecule has 8 nitrogen and oxygen atoms in total. The van der Waals surface area contributed by atoms with Gasteiger partial charge in [0.1, 0.15) is 18.5 Å². The summed E-state index contributed by atoms with van der Waals surface area (Å²) in [5, 5.41) is 26.6. The molecular formula is C17H31N5O3. The second-order valence-corrected chi connectivity index (χ2v) is 6.51. The number of hydrogen-bond acceptors (Lipinski definition) is 8. The van der Waals surface area contributed by atoms with E-state index < -0.39 is 5.60 Å². The third-order valence-electron chi connectivity index (χ3n) is 4.07. The maximum absolute atomic E-state index is 10.3. The van der Waals surface area contributed by atoms with Gasteiger partial charge in [0.2, 0.25) is 0 Å². The molecule has 8 heteroatoms. The fourth-order valence-corrected chi connectivity index (χ4v) is 2.75. The quantitative estimate of drug-likeness (QED) is 0.365. The first kappa shape index (κ1) is 19.7. The number of methoxy groups -OCH3 is 1. The first-order chi connectivity index (χ1) is 12.0. The van der Waals surface area contributed by atoms with E-state index in [0.29, 0.717) is 18.0 Å². The van der Waals surface area contributed by atoms with Crippen molar-refractivity contribution in [3.05, 3.63) is 18.2 Å². The van der Waals surface area contributed by atoms with Crippen molar-refractivity contribution in [3.63, 3.8) is 0 Å². The van der Waals surface area contributed by atoms with Gasteiger partial charge in [-0.15, -0.1) is 0 Å². The zero-order valence-electron chi connectivity index (χ0n) is 15.5. The van der Waals surface area contributed by atoms with Crippen LogP contribution in [0.4, 0.5) is 5.69 Å². The maximum Gasteiger partial charge on any atom is 0.163 e. The number of aliphatic hydroxyl groups is 1. The Kier molecular flexibility index (Phi) is 7.27. The van der Waals surface area contributed by atoms with E-state index in [1.165, 1.54) is 0 Å². The average molecular weight is 353 g/mol. The lowest BCUT2D eigenvalue weighted by Crippen LogP contribution is -2.61. The molecule has 1 aliphatic heterocycles. The van der Waals surface area contributed by atoms with Crippen molar-refractivity contribution in [2.45, 2.75) is 31.4 Å².